The fourth-order valence-electron chi connectivity index (χ4n) is 2.92. The first kappa shape index (κ1) is 18.0. The van der Waals surface area contributed by atoms with E-state index >= 15 is 0 Å². The SMILES string of the molecule is CSc1cccc(N2C[C@@H](C(=O)OCc3ccccc3C#N)CC2=O)c1. The van der Waals surface area contributed by atoms with Gasteiger partial charge < -0.3 is 9.64 Å². The standard InChI is InChI=1S/C20H18N2O3S/c1-26-18-8-4-7-17(10-18)22-12-16(9-19(22)23)20(24)25-13-15-6-3-2-5-14(15)11-21/h2-8,10,16H,9,12-13H2,1H3/t16-/m0/s1. The number of anilines is 1. The minimum Gasteiger partial charge on any atom is -0.460 e. The van der Waals surface area contributed by atoms with E-state index < -0.39 is 11.9 Å². The molecule has 1 amide bonds. The molecule has 1 fully saturated rings. The van der Waals surface area contributed by atoms with Crippen LogP contribution < -0.4 is 4.90 Å². The lowest BCUT2D eigenvalue weighted by Crippen LogP contribution is -2.26. The summed E-state index contributed by atoms with van der Waals surface area (Å²) in [7, 11) is 0. The summed E-state index contributed by atoms with van der Waals surface area (Å²) in [4.78, 5) is 27.4. The van der Waals surface area contributed by atoms with Gasteiger partial charge in [-0.2, -0.15) is 5.26 Å². The van der Waals surface area contributed by atoms with Crippen molar-refractivity contribution in [1.29, 1.82) is 5.26 Å². The summed E-state index contributed by atoms with van der Waals surface area (Å²) in [6.45, 7) is 0.352. The van der Waals surface area contributed by atoms with Gasteiger partial charge >= 0.3 is 5.97 Å². The number of ether oxygens (including phenoxy) is 1. The number of carbonyl (C=O) groups excluding carboxylic acids is 2. The Morgan fingerprint density at radius 3 is 2.88 bits per heavy atom. The Morgan fingerprint density at radius 1 is 1.31 bits per heavy atom. The Hall–Kier alpha value is -2.78. The molecule has 1 atom stereocenters. The number of amides is 1. The van der Waals surface area contributed by atoms with Crippen LogP contribution in [0.5, 0.6) is 0 Å². The van der Waals surface area contributed by atoms with Gasteiger partial charge in [-0.05, 0) is 30.5 Å². The van der Waals surface area contributed by atoms with E-state index in [-0.39, 0.29) is 18.9 Å². The van der Waals surface area contributed by atoms with E-state index in [1.807, 2.05) is 30.5 Å². The zero-order valence-electron chi connectivity index (χ0n) is 14.3. The highest BCUT2D eigenvalue weighted by molar-refractivity contribution is 7.98. The van der Waals surface area contributed by atoms with E-state index in [4.69, 9.17) is 10.00 Å². The second kappa shape index (κ2) is 8.07. The van der Waals surface area contributed by atoms with E-state index in [1.54, 1.807) is 40.9 Å². The molecule has 132 valence electrons. The molecule has 0 unspecified atom stereocenters. The van der Waals surface area contributed by atoms with Crippen molar-refractivity contribution in [2.24, 2.45) is 5.92 Å². The number of hydrogen-bond acceptors (Lipinski definition) is 5. The molecule has 1 aliphatic rings. The molecule has 0 aromatic heterocycles. The van der Waals surface area contributed by atoms with Crippen LogP contribution in [0.4, 0.5) is 5.69 Å². The maximum absolute atomic E-state index is 12.4. The van der Waals surface area contributed by atoms with Crippen molar-refractivity contribution in [3.8, 4) is 6.07 Å². The van der Waals surface area contributed by atoms with E-state index in [9.17, 15) is 9.59 Å². The molecule has 1 heterocycles. The van der Waals surface area contributed by atoms with E-state index in [0.717, 1.165) is 10.6 Å². The van der Waals surface area contributed by atoms with Crippen LogP contribution in [-0.4, -0.2) is 24.7 Å². The van der Waals surface area contributed by atoms with E-state index in [0.29, 0.717) is 17.7 Å². The third-order valence-electron chi connectivity index (χ3n) is 4.33. The molecule has 3 rings (SSSR count). The van der Waals surface area contributed by atoms with Crippen molar-refractivity contribution in [3.63, 3.8) is 0 Å². The maximum atomic E-state index is 12.4. The van der Waals surface area contributed by atoms with Gasteiger partial charge in [-0.25, -0.2) is 0 Å². The predicted molar refractivity (Wildman–Crippen MR) is 99.6 cm³/mol. The summed E-state index contributed by atoms with van der Waals surface area (Å²) in [5, 5.41) is 9.09. The highest BCUT2D eigenvalue weighted by Crippen LogP contribution is 2.29. The molecule has 0 saturated carbocycles. The second-order valence-electron chi connectivity index (χ2n) is 5.98. The van der Waals surface area contributed by atoms with Crippen molar-refractivity contribution in [2.75, 3.05) is 17.7 Å². The molecule has 6 heteroatoms. The average molecular weight is 366 g/mol. The topological polar surface area (TPSA) is 70.4 Å². The Labute approximate surface area is 156 Å². The van der Waals surface area contributed by atoms with Crippen LogP contribution >= 0.6 is 11.8 Å². The number of carbonyl (C=O) groups is 2. The number of thioether (sulfide) groups is 1. The largest absolute Gasteiger partial charge is 0.460 e. The van der Waals surface area contributed by atoms with Crippen molar-refractivity contribution in [3.05, 3.63) is 59.7 Å². The molecule has 5 nitrogen and oxygen atoms in total. The van der Waals surface area contributed by atoms with Crippen LogP contribution in [-0.2, 0) is 20.9 Å². The highest BCUT2D eigenvalue weighted by Gasteiger charge is 2.36. The lowest BCUT2D eigenvalue weighted by Gasteiger charge is -2.17. The van der Waals surface area contributed by atoms with Gasteiger partial charge in [-0.15, -0.1) is 11.8 Å². The molecule has 0 radical (unpaired) electrons. The Kier molecular flexibility index (Phi) is 5.59. The smallest absolute Gasteiger partial charge is 0.311 e. The van der Waals surface area contributed by atoms with Gasteiger partial charge in [0, 0.05) is 29.1 Å². The zero-order chi connectivity index (χ0) is 18.5. The first-order valence-electron chi connectivity index (χ1n) is 8.21. The van der Waals surface area contributed by atoms with Gasteiger partial charge in [-0.3, -0.25) is 9.59 Å². The van der Waals surface area contributed by atoms with Crippen LogP contribution in [0.3, 0.4) is 0 Å². The van der Waals surface area contributed by atoms with E-state index in [2.05, 4.69) is 6.07 Å². The van der Waals surface area contributed by atoms with Gasteiger partial charge in [0.1, 0.15) is 6.61 Å². The Morgan fingerprint density at radius 2 is 2.12 bits per heavy atom. The third kappa shape index (κ3) is 3.89. The van der Waals surface area contributed by atoms with Crippen molar-refractivity contribution in [2.45, 2.75) is 17.9 Å². The molecule has 0 N–H and O–H groups in total. The van der Waals surface area contributed by atoms with Gasteiger partial charge in [0.25, 0.3) is 0 Å². The van der Waals surface area contributed by atoms with Gasteiger partial charge in [0.15, 0.2) is 0 Å². The molecule has 0 aliphatic carbocycles. The Balaban J connectivity index is 1.64. The van der Waals surface area contributed by atoms with Crippen LogP contribution in [0, 0.1) is 17.2 Å². The molecule has 26 heavy (non-hydrogen) atoms. The number of benzene rings is 2. The second-order valence-corrected chi connectivity index (χ2v) is 6.86. The molecule has 2 aromatic rings. The fourth-order valence-corrected chi connectivity index (χ4v) is 3.37. The lowest BCUT2D eigenvalue weighted by molar-refractivity contribution is -0.149. The van der Waals surface area contributed by atoms with Crippen molar-refractivity contribution < 1.29 is 14.3 Å². The van der Waals surface area contributed by atoms with Gasteiger partial charge in [0.05, 0.1) is 17.6 Å². The number of hydrogen-bond donors (Lipinski definition) is 0. The van der Waals surface area contributed by atoms with Crippen LogP contribution in [0.2, 0.25) is 0 Å². The summed E-state index contributed by atoms with van der Waals surface area (Å²) in [6.07, 6.45) is 2.12. The fraction of sp³-hybridized carbons (Fsp3) is 0.250. The summed E-state index contributed by atoms with van der Waals surface area (Å²) in [5.74, 6) is -0.980. The van der Waals surface area contributed by atoms with Crippen LogP contribution in [0.25, 0.3) is 0 Å². The number of rotatable bonds is 5. The summed E-state index contributed by atoms with van der Waals surface area (Å²) in [6, 6.07) is 16.8. The summed E-state index contributed by atoms with van der Waals surface area (Å²) >= 11 is 1.60. The molecular formula is C20H18N2O3S. The number of nitrogens with zero attached hydrogens (tertiary/aromatic N) is 2. The van der Waals surface area contributed by atoms with Gasteiger partial charge in [0.2, 0.25) is 5.91 Å². The Bertz CT molecular complexity index is 875. The third-order valence-corrected chi connectivity index (χ3v) is 5.06. The van der Waals surface area contributed by atoms with Crippen LogP contribution in [0.1, 0.15) is 17.5 Å². The van der Waals surface area contributed by atoms with Gasteiger partial charge in [-0.1, -0.05) is 24.3 Å². The molecule has 2 aromatic carbocycles. The first-order valence-corrected chi connectivity index (χ1v) is 9.44. The lowest BCUT2D eigenvalue weighted by atomic mass is 10.1. The minimum absolute atomic E-state index is 0.0369. The zero-order valence-corrected chi connectivity index (χ0v) is 15.2. The quantitative estimate of drug-likeness (QED) is 0.599. The summed E-state index contributed by atoms with van der Waals surface area (Å²) in [5.41, 5.74) is 1.95. The molecule has 1 aliphatic heterocycles. The molecule has 0 bridgehead atoms. The molecule has 0 spiro atoms. The minimum atomic E-state index is -0.491. The monoisotopic (exact) mass is 366 g/mol. The average Bonchev–Trinajstić information content (AvgIpc) is 3.08. The van der Waals surface area contributed by atoms with Crippen LogP contribution in [0.15, 0.2) is 53.4 Å². The van der Waals surface area contributed by atoms with Crippen molar-refractivity contribution >= 4 is 29.3 Å². The predicted octanol–water partition coefficient (Wildman–Crippen LogP) is 3.38. The van der Waals surface area contributed by atoms with E-state index in [1.165, 1.54) is 0 Å². The summed E-state index contributed by atoms with van der Waals surface area (Å²) < 4.78 is 5.36. The number of esters is 1. The first-order chi connectivity index (χ1) is 12.6. The normalized spacial score (nSPS) is 16.4. The molecule has 1 saturated heterocycles. The number of nitriles is 1. The highest BCUT2D eigenvalue weighted by atomic mass is 32.2. The molecular weight excluding hydrogens is 348 g/mol. The van der Waals surface area contributed by atoms with Crippen molar-refractivity contribution in [1.82, 2.24) is 0 Å². The maximum Gasteiger partial charge on any atom is 0.311 e.